The van der Waals surface area contributed by atoms with Crippen LogP contribution in [0.3, 0.4) is 0 Å². The molecular formula is C19H40N2. The number of hydrogen-bond donors (Lipinski definition) is 1. The standard InChI is InChI=1S/C19H40N2/c1-8-10-19(7,15-20-17(3,4)5)16-21-13-11-18(6,9-2)12-14-21/h20H,8-16H2,1-7H3. The average molecular weight is 297 g/mol. The molecule has 0 bridgehead atoms. The molecule has 21 heavy (non-hydrogen) atoms. The summed E-state index contributed by atoms with van der Waals surface area (Å²) >= 11 is 0. The molecule has 1 unspecified atom stereocenters. The van der Waals surface area contributed by atoms with Gasteiger partial charge in [-0.05, 0) is 64.0 Å². The second-order valence-corrected chi connectivity index (χ2v) is 9.10. The van der Waals surface area contributed by atoms with Crippen molar-refractivity contribution in [2.45, 2.75) is 86.1 Å². The maximum absolute atomic E-state index is 3.74. The van der Waals surface area contributed by atoms with Gasteiger partial charge in [0.25, 0.3) is 0 Å². The Morgan fingerprint density at radius 2 is 1.62 bits per heavy atom. The minimum atomic E-state index is 0.220. The van der Waals surface area contributed by atoms with Crippen molar-refractivity contribution in [2.75, 3.05) is 26.2 Å². The van der Waals surface area contributed by atoms with Gasteiger partial charge < -0.3 is 10.2 Å². The van der Waals surface area contributed by atoms with Crippen molar-refractivity contribution in [1.29, 1.82) is 0 Å². The van der Waals surface area contributed by atoms with E-state index in [0.717, 1.165) is 6.54 Å². The van der Waals surface area contributed by atoms with Gasteiger partial charge in [0.2, 0.25) is 0 Å². The summed E-state index contributed by atoms with van der Waals surface area (Å²) in [6, 6.07) is 0. The Bertz CT molecular complexity index is 297. The molecule has 1 heterocycles. The van der Waals surface area contributed by atoms with Crippen LogP contribution >= 0.6 is 0 Å². The quantitative estimate of drug-likeness (QED) is 0.733. The van der Waals surface area contributed by atoms with E-state index in [1.807, 2.05) is 0 Å². The summed E-state index contributed by atoms with van der Waals surface area (Å²) in [6.45, 7) is 21.4. The number of likely N-dealkylation sites (tertiary alicyclic amines) is 1. The van der Waals surface area contributed by atoms with E-state index in [0.29, 0.717) is 10.8 Å². The molecule has 1 N–H and O–H groups in total. The zero-order valence-corrected chi connectivity index (χ0v) is 15.8. The average Bonchev–Trinajstić information content (AvgIpc) is 2.39. The summed E-state index contributed by atoms with van der Waals surface area (Å²) in [7, 11) is 0. The normalized spacial score (nSPS) is 23.0. The van der Waals surface area contributed by atoms with Gasteiger partial charge in [0, 0.05) is 18.6 Å². The lowest BCUT2D eigenvalue weighted by Gasteiger charge is -2.43. The highest BCUT2D eigenvalue weighted by molar-refractivity contribution is 4.87. The van der Waals surface area contributed by atoms with Crippen LogP contribution in [0.1, 0.15) is 80.6 Å². The lowest BCUT2D eigenvalue weighted by atomic mass is 9.77. The summed E-state index contributed by atoms with van der Waals surface area (Å²) in [5, 5.41) is 3.74. The number of nitrogens with one attached hydrogen (secondary N) is 1. The Morgan fingerprint density at radius 1 is 1.05 bits per heavy atom. The van der Waals surface area contributed by atoms with Crippen LogP contribution < -0.4 is 5.32 Å². The highest BCUT2D eigenvalue weighted by atomic mass is 15.1. The molecule has 2 nitrogen and oxygen atoms in total. The molecule has 0 spiro atoms. The first-order valence-electron chi connectivity index (χ1n) is 9.09. The van der Waals surface area contributed by atoms with Crippen LogP contribution in [0, 0.1) is 10.8 Å². The molecule has 1 aliphatic rings. The summed E-state index contributed by atoms with van der Waals surface area (Å²) < 4.78 is 0. The predicted octanol–water partition coefficient (Wildman–Crippen LogP) is 4.69. The Morgan fingerprint density at radius 3 is 2.05 bits per heavy atom. The molecule has 1 rings (SSSR count). The molecule has 0 aromatic rings. The van der Waals surface area contributed by atoms with Gasteiger partial charge in [-0.25, -0.2) is 0 Å². The van der Waals surface area contributed by atoms with Gasteiger partial charge in [0.05, 0.1) is 0 Å². The van der Waals surface area contributed by atoms with Crippen LogP contribution in [0.4, 0.5) is 0 Å². The lowest BCUT2D eigenvalue weighted by molar-refractivity contribution is 0.0707. The minimum Gasteiger partial charge on any atom is -0.311 e. The van der Waals surface area contributed by atoms with Crippen molar-refractivity contribution in [2.24, 2.45) is 10.8 Å². The van der Waals surface area contributed by atoms with Gasteiger partial charge in [0.1, 0.15) is 0 Å². The first-order valence-corrected chi connectivity index (χ1v) is 9.09. The van der Waals surface area contributed by atoms with Crippen molar-refractivity contribution in [3.05, 3.63) is 0 Å². The third kappa shape index (κ3) is 6.69. The van der Waals surface area contributed by atoms with Gasteiger partial charge in [-0.2, -0.15) is 0 Å². The van der Waals surface area contributed by atoms with Crippen LogP contribution in [-0.4, -0.2) is 36.6 Å². The number of nitrogens with zero attached hydrogens (tertiary/aromatic N) is 1. The van der Waals surface area contributed by atoms with Gasteiger partial charge in [-0.1, -0.05) is 40.5 Å². The molecule has 0 amide bonds. The first-order chi connectivity index (χ1) is 9.61. The molecule has 0 aliphatic carbocycles. The van der Waals surface area contributed by atoms with E-state index in [9.17, 15) is 0 Å². The monoisotopic (exact) mass is 296 g/mol. The summed E-state index contributed by atoms with van der Waals surface area (Å²) in [5.74, 6) is 0. The van der Waals surface area contributed by atoms with Gasteiger partial charge in [-0.3, -0.25) is 0 Å². The summed E-state index contributed by atoms with van der Waals surface area (Å²) in [4.78, 5) is 2.72. The molecule has 1 aliphatic heterocycles. The molecule has 2 heteroatoms. The molecule has 1 fully saturated rings. The number of rotatable bonds is 7. The molecule has 0 radical (unpaired) electrons. The van der Waals surface area contributed by atoms with Gasteiger partial charge >= 0.3 is 0 Å². The van der Waals surface area contributed by atoms with E-state index < -0.39 is 0 Å². The van der Waals surface area contributed by atoms with E-state index in [-0.39, 0.29) is 5.54 Å². The molecule has 0 aromatic carbocycles. The Kier molecular flexibility index (Phi) is 6.74. The zero-order chi connectivity index (χ0) is 16.1. The highest BCUT2D eigenvalue weighted by Gasteiger charge is 2.33. The second-order valence-electron chi connectivity index (χ2n) is 9.10. The Balaban J connectivity index is 2.54. The Hall–Kier alpha value is -0.0800. The van der Waals surface area contributed by atoms with Crippen LogP contribution in [0.2, 0.25) is 0 Å². The number of piperidine rings is 1. The van der Waals surface area contributed by atoms with E-state index >= 15 is 0 Å². The minimum absolute atomic E-state index is 0.220. The molecule has 1 atom stereocenters. The van der Waals surface area contributed by atoms with Crippen molar-refractivity contribution in [3.63, 3.8) is 0 Å². The third-order valence-corrected chi connectivity index (χ3v) is 5.42. The SMILES string of the molecule is CCCC(C)(CNC(C)(C)C)CN1CCC(C)(CC)CC1. The van der Waals surface area contributed by atoms with Crippen LogP contribution in [0.15, 0.2) is 0 Å². The molecule has 0 saturated carbocycles. The first kappa shape index (κ1) is 19.0. The van der Waals surface area contributed by atoms with E-state index in [2.05, 4.69) is 58.7 Å². The predicted molar refractivity (Wildman–Crippen MR) is 94.8 cm³/mol. The Labute approximate surface area is 134 Å². The molecule has 1 saturated heterocycles. The zero-order valence-electron chi connectivity index (χ0n) is 15.8. The van der Waals surface area contributed by atoms with Crippen LogP contribution in [-0.2, 0) is 0 Å². The maximum Gasteiger partial charge on any atom is 0.00967 e. The van der Waals surface area contributed by atoms with Crippen LogP contribution in [0.5, 0.6) is 0 Å². The van der Waals surface area contributed by atoms with E-state index in [1.54, 1.807) is 0 Å². The fourth-order valence-electron chi connectivity index (χ4n) is 3.45. The van der Waals surface area contributed by atoms with Crippen molar-refractivity contribution in [3.8, 4) is 0 Å². The van der Waals surface area contributed by atoms with Gasteiger partial charge in [-0.15, -0.1) is 0 Å². The van der Waals surface area contributed by atoms with Gasteiger partial charge in [0.15, 0.2) is 0 Å². The van der Waals surface area contributed by atoms with Crippen molar-refractivity contribution in [1.82, 2.24) is 10.2 Å². The lowest BCUT2D eigenvalue weighted by Crippen LogP contribution is -2.49. The molecule has 0 aromatic heterocycles. The smallest absolute Gasteiger partial charge is 0.00967 e. The van der Waals surface area contributed by atoms with Crippen molar-refractivity contribution < 1.29 is 0 Å². The molecule has 126 valence electrons. The van der Waals surface area contributed by atoms with E-state index in [1.165, 1.54) is 51.7 Å². The fraction of sp³-hybridized carbons (Fsp3) is 1.00. The molecular weight excluding hydrogens is 256 g/mol. The van der Waals surface area contributed by atoms with Crippen molar-refractivity contribution >= 4 is 0 Å². The number of hydrogen-bond acceptors (Lipinski definition) is 2. The summed E-state index contributed by atoms with van der Waals surface area (Å²) in [5.41, 5.74) is 1.22. The topological polar surface area (TPSA) is 15.3 Å². The highest BCUT2D eigenvalue weighted by Crippen LogP contribution is 2.35. The summed E-state index contributed by atoms with van der Waals surface area (Å²) in [6.07, 6.45) is 6.68. The third-order valence-electron chi connectivity index (χ3n) is 5.42. The largest absolute Gasteiger partial charge is 0.311 e. The van der Waals surface area contributed by atoms with Crippen LogP contribution in [0.25, 0.3) is 0 Å². The van der Waals surface area contributed by atoms with E-state index in [4.69, 9.17) is 0 Å². The fourth-order valence-corrected chi connectivity index (χ4v) is 3.45. The second kappa shape index (κ2) is 7.46. The maximum atomic E-state index is 3.74.